The molecule has 0 saturated heterocycles. The number of halogens is 1. The van der Waals surface area contributed by atoms with Crippen molar-refractivity contribution >= 4 is 0 Å². The van der Waals surface area contributed by atoms with Gasteiger partial charge in [-0.05, 0) is 25.7 Å². The molecule has 1 saturated carbocycles. The summed E-state index contributed by atoms with van der Waals surface area (Å²) in [7, 11) is 0. The van der Waals surface area contributed by atoms with Gasteiger partial charge in [-0.25, -0.2) is 4.39 Å². The molecule has 0 radical (unpaired) electrons. The lowest BCUT2D eigenvalue weighted by Crippen LogP contribution is -2.18. The van der Waals surface area contributed by atoms with Gasteiger partial charge in [0.25, 0.3) is 0 Å². The number of rotatable bonds is 3. The van der Waals surface area contributed by atoms with Crippen molar-refractivity contribution in [1.82, 2.24) is 0 Å². The zero-order valence-corrected chi connectivity index (χ0v) is 7.26. The largest absolute Gasteiger partial charge is 0.375 e. The Morgan fingerprint density at radius 1 is 1.50 bits per heavy atom. The summed E-state index contributed by atoms with van der Waals surface area (Å²) in [5.74, 6) is 0.636. The molecule has 0 spiro atoms. The summed E-state index contributed by atoms with van der Waals surface area (Å²) in [4.78, 5) is 0. The molecule has 2 heteroatoms. The smallest absolute Gasteiger partial charge is 0.113 e. The Morgan fingerprint density at radius 3 is 3.25 bits per heavy atom. The maximum atomic E-state index is 11.9. The van der Waals surface area contributed by atoms with Crippen LogP contribution in [0.3, 0.4) is 0 Å². The zero-order chi connectivity index (χ0) is 8.39. The summed E-state index contributed by atoms with van der Waals surface area (Å²) in [6, 6.07) is 0. The standard InChI is InChI=1S/C10H15FO/c11-6-7-12-10-5-4-8-2-1-3-9(8)10/h2,9-10H,1,3-7H2/i11-1. The van der Waals surface area contributed by atoms with E-state index < -0.39 is 0 Å². The Kier molecular flexibility index (Phi) is 2.45. The molecule has 12 heavy (non-hydrogen) atoms. The number of hydrogen-bond acceptors (Lipinski definition) is 1. The summed E-state index contributed by atoms with van der Waals surface area (Å²) < 4.78 is 17.3. The molecule has 2 atom stereocenters. The van der Waals surface area contributed by atoms with Gasteiger partial charge in [0.05, 0.1) is 12.7 Å². The first-order valence-electron chi connectivity index (χ1n) is 4.78. The number of fused-ring (bicyclic) bond motifs is 1. The van der Waals surface area contributed by atoms with Crippen molar-refractivity contribution in [2.75, 3.05) is 13.3 Å². The molecule has 0 N–H and O–H groups in total. The van der Waals surface area contributed by atoms with E-state index in [-0.39, 0.29) is 13.3 Å². The van der Waals surface area contributed by atoms with Crippen LogP contribution < -0.4 is 0 Å². The Labute approximate surface area is 72.6 Å². The van der Waals surface area contributed by atoms with E-state index in [1.807, 2.05) is 0 Å². The van der Waals surface area contributed by atoms with Crippen LogP contribution in [-0.2, 0) is 4.74 Å². The Hall–Kier alpha value is -0.370. The minimum atomic E-state index is -0.345. The van der Waals surface area contributed by atoms with Gasteiger partial charge in [0.15, 0.2) is 0 Å². The van der Waals surface area contributed by atoms with Crippen molar-refractivity contribution in [2.24, 2.45) is 5.92 Å². The average molecular weight is 169 g/mol. The lowest BCUT2D eigenvalue weighted by Gasteiger charge is -2.16. The van der Waals surface area contributed by atoms with Crippen LogP contribution in [0.15, 0.2) is 11.6 Å². The van der Waals surface area contributed by atoms with Gasteiger partial charge < -0.3 is 4.74 Å². The summed E-state index contributed by atoms with van der Waals surface area (Å²) in [5, 5.41) is 0. The van der Waals surface area contributed by atoms with Crippen molar-refractivity contribution in [2.45, 2.75) is 31.8 Å². The van der Waals surface area contributed by atoms with Crippen LogP contribution >= 0.6 is 0 Å². The molecule has 0 amide bonds. The molecular weight excluding hydrogens is 154 g/mol. The molecule has 0 aromatic heterocycles. The highest BCUT2D eigenvalue weighted by Crippen LogP contribution is 2.41. The molecule has 2 aliphatic carbocycles. The second-order valence-corrected chi connectivity index (χ2v) is 3.60. The Bertz CT molecular complexity index is 188. The van der Waals surface area contributed by atoms with Gasteiger partial charge in [-0.15, -0.1) is 0 Å². The monoisotopic (exact) mass is 169 g/mol. The van der Waals surface area contributed by atoms with Crippen LogP contribution in [0.5, 0.6) is 0 Å². The highest BCUT2D eigenvalue weighted by atomic mass is 18.2. The maximum absolute atomic E-state index is 11.9. The normalized spacial score (nSPS) is 33.6. The van der Waals surface area contributed by atoms with Crippen molar-refractivity contribution in [3.63, 3.8) is 0 Å². The summed E-state index contributed by atoms with van der Waals surface area (Å²) in [6.45, 7) is -0.0588. The number of hydrogen-bond donors (Lipinski definition) is 0. The molecule has 1 nitrogen and oxygen atoms in total. The Morgan fingerprint density at radius 2 is 2.42 bits per heavy atom. The SMILES string of the molecule is [18F]CCOC1CCC2=CCCC21. The second kappa shape index (κ2) is 3.56. The number of alkyl halides is 1. The molecule has 2 unspecified atom stereocenters. The van der Waals surface area contributed by atoms with Gasteiger partial charge in [0.2, 0.25) is 0 Å². The van der Waals surface area contributed by atoms with Gasteiger partial charge in [0.1, 0.15) is 6.67 Å². The average Bonchev–Trinajstić information content (AvgIpc) is 2.62. The van der Waals surface area contributed by atoms with E-state index >= 15 is 0 Å². The third-order valence-corrected chi connectivity index (χ3v) is 2.94. The predicted octanol–water partition coefficient (Wildman–Crippen LogP) is 2.47. The fourth-order valence-corrected chi connectivity index (χ4v) is 2.40. The topological polar surface area (TPSA) is 9.23 Å². The lowest BCUT2D eigenvalue weighted by atomic mass is 10.0. The van der Waals surface area contributed by atoms with E-state index in [0.29, 0.717) is 12.0 Å². The lowest BCUT2D eigenvalue weighted by molar-refractivity contribution is 0.0250. The van der Waals surface area contributed by atoms with Crippen molar-refractivity contribution in [1.29, 1.82) is 0 Å². The van der Waals surface area contributed by atoms with E-state index in [2.05, 4.69) is 6.08 Å². The first kappa shape index (κ1) is 8.24. The van der Waals surface area contributed by atoms with E-state index in [0.717, 1.165) is 6.42 Å². The van der Waals surface area contributed by atoms with Gasteiger partial charge in [-0.3, -0.25) is 0 Å². The van der Waals surface area contributed by atoms with Crippen LogP contribution in [0.2, 0.25) is 0 Å². The van der Waals surface area contributed by atoms with Gasteiger partial charge in [-0.1, -0.05) is 11.6 Å². The summed E-state index contributed by atoms with van der Waals surface area (Å²) >= 11 is 0. The van der Waals surface area contributed by atoms with Gasteiger partial charge in [0, 0.05) is 5.92 Å². The van der Waals surface area contributed by atoms with Crippen LogP contribution in [0.4, 0.5) is 4.39 Å². The summed E-state index contributed by atoms with van der Waals surface area (Å²) in [5.41, 5.74) is 1.57. The fraction of sp³-hybridized carbons (Fsp3) is 0.800. The molecule has 0 heterocycles. The number of allylic oxidation sites excluding steroid dienone is 1. The second-order valence-electron chi connectivity index (χ2n) is 3.60. The van der Waals surface area contributed by atoms with Crippen LogP contribution in [0.25, 0.3) is 0 Å². The molecular formula is C10H15FO. The fourth-order valence-electron chi connectivity index (χ4n) is 2.40. The van der Waals surface area contributed by atoms with E-state index in [9.17, 15) is 4.39 Å². The molecule has 0 aromatic carbocycles. The molecule has 0 bridgehead atoms. The molecule has 0 aliphatic heterocycles. The van der Waals surface area contributed by atoms with Crippen molar-refractivity contribution in [3.8, 4) is 0 Å². The van der Waals surface area contributed by atoms with E-state index in [1.54, 1.807) is 5.57 Å². The van der Waals surface area contributed by atoms with E-state index in [1.165, 1.54) is 19.3 Å². The first-order chi connectivity index (χ1) is 5.92. The van der Waals surface area contributed by atoms with Crippen molar-refractivity contribution < 1.29 is 9.13 Å². The molecule has 2 rings (SSSR count). The molecule has 68 valence electrons. The van der Waals surface area contributed by atoms with Gasteiger partial charge in [-0.2, -0.15) is 0 Å². The van der Waals surface area contributed by atoms with Crippen LogP contribution in [-0.4, -0.2) is 19.4 Å². The Balaban J connectivity index is 1.88. The third-order valence-electron chi connectivity index (χ3n) is 2.94. The van der Waals surface area contributed by atoms with E-state index in [4.69, 9.17) is 4.74 Å². The highest BCUT2D eigenvalue weighted by Gasteiger charge is 2.33. The third kappa shape index (κ3) is 1.40. The zero-order valence-electron chi connectivity index (χ0n) is 7.26. The highest BCUT2D eigenvalue weighted by molar-refractivity contribution is 5.19. The van der Waals surface area contributed by atoms with Gasteiger partial charge >= 0.3 is 0 Å². The van der Waals surface area contributed by atoms with Crippen LogP contribution in [0.1, 0.15) is 25.7 Å². The molecule has 2 aliphatic rings. The summed E-state index contributed by atoms with van der Waals surface area (Å²) in [6.07, 6.45) is 7.39. The molecule has 1 fully saturated rings. The maximum Gasteiger partial charge on any atom is 0.113 e. The quantitative estimate of drug-likeness (QED) is 0.590. The molecule has 0 aromatic rings. The van der Waals surface area contributed by atoms with Crippen LogP contribution in [0, 0.1) is 5.92 Å². The minimum Gasteiger partial charge on any atom is -0.375 e. The van der Waals surface area contributed by atoms with Crippen molar-refractivity contribution in [3.05, 3.63) is 11.6 Å². The number of ether oxygens (including phenoxy) is 1. The predicted molar refractivity (Wildman–Crippen MR) is 45.8 cm³/mol. The first-order valence-corrected chi connectivity index (χ1v) is 4.78. The minimum absolute atomic E-state index is 0.286.